The lowest BCUT2D eigenvalue weighted by molar-refractivity contribution is -0.130. The number of hydrogen-bond donors (Lipinski definition) is 0. The van der Waals surface area contributed by atoms with Gasteiger partial charge in [-0.3, -0.25) is 0 Å². The molecule has 9 aromatic carbocycles. The van der Waals surface area contributed by atoms with Crippen molar-refractivity contribution < 1.29 is 75.3 Å². The second-order valence-electron chi connectivity index (χ2n) is 25.7. The SMILES string of the molecule is C=C(C)C(=O)Oc1ccc(-c2c(C)c(OP(=O)(Oc3c(C)c(-c4ccc(OC(=O)C(=C)C)cc4)c(C)c(-c4ccc(OC(=O)C(=C)C)cc4)c3C)Oc3c(C)c(-c4ccc(OC(=O)C(=C)C)cc4)c(C)c(-c4ccc(OC(=O)C(=C)C)cc4)c3C)c(C)c(-c3ccc(OC(=O)C(=C)C)cc3)c2C)cc1. The summed E-state index contributed by atoms with van der Waals surface area (Å²) in [6.07, 6.45) is 0. The highest BCUT2D eigenvalue weighted by atomic mass is 31.2. The number of esters is 6. The van der Waals surface area contributed by atoms with E-state index in [4.69, 9.17) is 42.0 Å². The van der Waals surface area contributed by atoms with Gasteiger partial charge in [-0.15, -0.1) is 0 Å². The summed E-state index contributed by atoms with van der Waals surface area (Å²) in [7, 11) is -5.35. The molecule has 0 heterocycles. The highest BCUT2D eigenvalue weighted by Crippen LogP contribution is 2.59. The first-order valence-electron chi connectivity index (χ1n) is 33.1. The Morgan fingerprint density at radius 1 is 0.231 bits per heavy atom. The molecule has 0 spiro atoms. The van der Waals surface area contributed by atoms with Gasteiger partial charge in [0, 0.05) is 66.8 Å². The molecule has 0 aliphatic carbocycles. The third-order valence-corrected chi connectivity index (χ3v) is 18.6. The van der Waals surface area contributed by atoms with Gasteiger partial charge in [0.05, 0.1) is 0 Å². The Hall–Kier alpha value is -12.1. The van der Waals surface area contributed by atoms with Gasteiger partial charge in [0.25, 0.3) is 0 Å². The number of benzene rings is 9. The molecule has 0 aliphatic heterocycles. The van der Waals surface area contributed by atoms with Gasteiger partial charge in [0.2, 0.25) is 0 Å². The zero-order valence-electron chi connectivity index (χ0n) is 61.1. The zero-order chi connectivity index (χ0) is 76.1. The van der Waals surface area contributed by atoms with Crippen LogP contribution in [0.25, 0.3) is 66.8 Å². The van der Waals surface area contributed by atoms with Crippen LogP contribution >= 0.6 is 7.82 Å². The molecule has 16 nitrogen and oxygen atoms in total. The molecule has 0 aromatic heterocycles. The molecule has 0 amide bonds. The van der Waals surface area contributed by atoms with Crippen molar-refractivity contribution in [2.75, 3.05) is 0 Å². The van der Waals surface area contributed by atoms with Crippen molar-refractivity contribution in [1.82, 2.24) is 0 Å². The molecule has 0 atom stereocenters. The van der Waals surface area contributed by atoms with Crippen molar-refractivity contribution in [2.45, 2.75) is 104 Å². The summed E-state index contributed by atoms with van der Waals surface area (Å²) >= 11 is 0. The third kappa shape index (κ3) is 16.6. The predicted octanol–water partition coefficient (Wildman–Crippen LogP) is 21.0. The molecule has 0 bridgehead atoms. The largest absolute Gasteiger partial charge is 0.647 e. The lowest BCUT2D eigenvalue weighted by Gasteiger charge is -2.30. The number of rotatable bonds is 24. The van der Waals surface area contributed by atoms with Crippen molar-refractivity contribution >= 4 is 43.6 Å². The van der Waals surface area contributed by atoms with E-state index >= 15 is 4.57 Å². The van der Waals surface area contributed by atoms with E-state index in [-0.39, 0.29) is 85.2 Å². The Balaban J connectivity index is 1.37. The fourth-order valence-electron chi connectivity index (χ4n) is 12.3. The van der Waals surface area contributed by atoms with E-state index in [2.05, 4.69) is 39.5 Å². The summed E-state index contributed by atoms with van der Waals surface area (Å²) < 4.78 is 73.7. The average molecular weight is 1410 g/mol. The van der Waals surface area contributed by atoms with Gasteiger partial charge in [-0.25, -0.2) is 28.8 Å². The van der Waals surface area contributed by atoms with E-state index in [0.717, 1.165) is 16.7 Å². The van der Waals surface area contributed by atoms with Gasteiger partial charge < -0.3 is 42.0 Å². The maximum atomic E-state index is 17.8. The first-order chi connectivity index (χ1) is 49.1. The molecule has 0 saturated carbocycles. The number of phosphoric ester groups is 1. The van der Waals surface area contributed by atoms with Crippen LogP contribution in [0.2, 0.25) is 0 Å². The Morgan fingerprint density at radius 3 is 0.471 bits per heavy atom. The van der Waals surface area contributed by atoms with E-state index in [9.17, 15) is 28.8 Å². The number of phosphoric acid groups is 1. The molecule has 104 heavy (non-hydrogen) atoms. The van der Waals surface area contributed by atoms with Crippen LogP contribution in [0.3, 0.4) is 0 Å². The molecule has 0 aliphatic rings. The molecule has 17 heteroatoms. The Bertz CT molecular complexity index is 4320. The van der Waals surface area contributed by atoms with Crippen LogP contribution in [0.5, 0.6) is 51.7 Å². The number of ether oxygens (including phenoxy) is 6. The second kappa shape index (κ2) is 31.4. The van der Waals surface area contributed by atoms with E-state index < -0.39 is 43.6 Å². The van der Waals surface area contributed by atoms with Gasteiger partial charge >= 0.3 is 43.6 Å². The maximum absolute atomic E-state index is 17.8. The van der Waals surface area contributed by atoms with Gasteiger partial charge in [-0.2, -0.15) is 4.57 Å². The highest BCUT2D eigenvalue weighted by Gasteiger charge is 2.40. The summed E-state index contributed by atoms with van der Waals surface area (Å²) in [6.45, 7) is 48.5. The minimum Gasteiger partial charge on any atom is -0.423 e. The van der Waals surface area contributed by atoms with Crippen molar-refractivity contribution in [3.8, 4) is 119 Å². The molecule has 0 unspecified atom stereocenters. The van der Waals surface area contributed by atoms with Crippen LogP contribution in [0.15, 0.2) is 219 Å². The van der Waals surface area contributed by atoms with Crippen LogP contribution < -0.4 is 42.0 Å². The van der Waals surface area contributed by atoms with Crippen molar-refractivity contribution in [1.29, 1.82) is 0 Å². The van der Waals surface area contributed by atoms with Crippen LogP contribution in [0, 0.1) is 62.3 Å². The van der Waals surface area contributed by atoms with Gasteiger partial charge in [-0.1, -0.05) is 112 Å². The van der Waals surface area contributed by atoms with E-state index in [0.29, 0.717) is 100 Å². The van der Waals surface area contributed by atoms with Gasteiger partial charge in [0.15, 0.2) is 0 Å². The van der Waals surface area contributed by atoms with Gasteiger partial charge in [0.1, 0.15) is 51.7 Å². The molecule has 9 rings (SSSR count). The normalized spacial score (nSPS) is 11.0. The van der Waals surface area contributed by atoms with Crippen molar-refractivity contribution in [2.24, 2.45) is 0 Å². The minimum absolute atomic E-state index is 0.0878. The van der Waals surface area contributed by atoms with E-state index in [1.165, 1.54) is 0 Å². The maximum Gasteiger partial charge on any atom is 0.647 e. The quantitative estimate of drug-likeness (QED) is 0.0239. The first-order valence-corrected chi connectivity index (χ1v) is 34.5. The highest BCUT2D eigenvalue weighted by molar-refractivity contribution is 7.49. The summed E-state index contributed by atoms with van der Waals surface area (Å²) in [4.78, 5) is 76.9. The number of hydrogen-bond acceptors (Lipinski definition) is 16. The smallest absolute Gasteiger partial charge is 0.423 e. The van der Waals surface area contributed by atoms with Crippen molar-refractivity contribution in [3.05, 3.63) is 269 Å². The fourth-order valence-corrected chi connectivity index (χ4v) is 13.9. The number of carbonyl (C=O) groups excluding carboxylic acids is 6. The zero-order valence-corrected chi connectivity index (χ0v) is 62.0. The van der Waals surface area contributed by atoms with E-state index in [1.807, 2.05) is 62.3 Å². The average Bonchev–Trinajstić information content (AvgIpc) is 0.743. The molecule has 530 valence electrons. The molecule has 0 saturated heterocycles. The molecule has 0 N–H and O–H groups in total. The van der Waals surface area contributed by atoms with Gasteiger partial charge in [-0.05, 0) is 260 Å². The molecular weight excluding hydrogens is 1330 g/mol. The number of carbonyl (C=O) groups is 6. The third-order valence-electron chi connectivity index (χ3n) is 17.4. The minimum atomic E-state index is -5.35. The topological polar surface area (TPSA) is 203 Å². The van der Waals surface area contributed by atoms with Crippen LogP contribution in [0.1, 0.15) is 91.6 Å². The summed E-state index contributed by atoms with van der Waals surface area (Å²) in [5, 5.41) is 0. The Morgan fingerprint density at radius 2 is 0.356 bits per heavy atom. The lowest BCUT2D eigenvalue weighted by Crippen LogP contribution is -2.14. The predicted molar refractivity (Wildman–Crippen MR) is 407 cm³/mol. The lowest BCUT2D eigenvalue weighted by atomic mass is 9.85. The second-order valence-corrected chi connectivity index (χ2v) is 27.2. The Kier molecular flexibility index (Phi) is 23.0. The first kappa shape index (κ1) is 76.1. The van der Waals surface area contributed by atoms with E-state index in [1.54, 1.807) is 187 Å². The van der Waals surface area contributed by atoms with Crippen LogP contribution in [-0.4, -0.2) is 35.8 Å². The summed E-state index contributed by atoms with van der Waals surface area (Å²) in [5.41, 5.74) is 14.1. The molecule has 9 aromatic rings. The molecular formula is C87H81O16P. The monoisotopic (exact) mass is 1410 g/mol. The molecule has 0 fully saturated rings. The fraction of sp³-hybridized carbons (Fsp3) is 0.172. The van der Waals surface area contributed by atoms with Crippen molar-refractivity contribution in [3.63, 3.8) is 0 Å². The Labute approximate surface area is 606 Å². The molecule has 0 radical (unpaired) electrons. The summed E-state index contributed by atoms with van der Waals surface area (Å²) in [6, 6.07) is 41.3. The standard InChI is InChI=1S/C87H81O16P/c1-46(2)82(88)95-67-34-22-61(23-35-67)73-52(13)74(62-24-36-68(37-25-62)96-83(89)47(3)4)56(17)79(55(73)16)101-104(94,102-80-57(18)75(63-26-38-69(39-27-63)97-84(90)48(5)6)53(14)76(58(80)19)64-28-40-70(41-29-64)98-85(91)49(7)8)103-81-59(20)77(65-30-42-71(43-31-65)99-86(92)50(9)10)54(15)78(60(81)21)66-32-44-72(45-33-66)100-87(93)51(11)12/h22-45H,1,3,5,7,9,11H2,2,4,6,8,10,12-21H3. The summed E-state index contributed by atoms with van der Waals surface area (Å²) in [5.74, 6) is -1.86. The van der Waals surface area contributed by atoms with Crippen LogP contribution in [-0.2, 0) is 33.3 Å². The van der Waals surface area contributed by atoms with Crippen LogP contribution in [0.4, 0.5) is 0 Å².